The van der Waals surface area contributed by atoms with Crippen LogP contribution in [0.25, 0.3) is 0 Å². The molecular formula is C80H104F9N21O6. The van der Waals surface area contributed by atoms with Gasteiger partial charge >= 0.3 is 30.7 Å². The molecule has 36 heteroatoms. The fraction of sp³-hybridized carbons (Fsp3) is 0.588. The molecule has 6 N–H and O–H groups in total. The van der Waals surface area contributed by atoms with E-state index in [1.807, 2.05) is 25.1 Å². The smallest absolute Gasteiger partial charge is 0.421 e. The van der Waals surface area contributed by atoms with Crippen LogP contribution < -0.4 is 46.6 Å². The molecule has 3 aromatic carbocycles. The van der Waals surface area contributed by atoms with Crippen molar-refractivity contribution in [3.63, 3.8) is 0 Å². The first-order chi connectivity index (χ1) is 55.7. The first-order valence-electron chi connectivity index (χ1n) is 40.6. The van der Waals surface area contributed by atoms with Gasteiger partial charge in [-0.3, -0.25) is 19.5 Å². The van der Waals surface area contributed by atoms with Crippen molar-refractivity contribution in [3.8, 4) is 0 Å². The maximum atomic E-state index is 13.7. The third-order valence-electron chi connectivity index (χ3n) is 23.7. The lowest BCUT2D eigenvalue weighted by Crippen LogP contribution is -2.44. The molecule has 10 aliphatic rings. The number of nitrogens with one attached hydrogen (secondary N) is 6. The lowest BCUT2D eigenvalue weighted by molar-refractivity contribution is -0.138. The minimum absolute atomic E-state index is 0.000628. The van der Waals surface area contributed by atoms with Gasteiger partial charge in [0.25, 0.3) is 0 Å². The summed E-state index contributed by atoms with van der Waals surface area (Å²) in [5.41, 5.74) is 6.40. The standard InChI is InChI=1S/C27H34F3N7O2.C27H36F3N7O2.C26H34F3N7O2/c1-35-15-20-12-19(35)16-37(20)18-6-7-23(21(13-18)17-4-5-17)33-25-32-14-22(27(28,29)30)24(34-25)31-8-2-9-36-10-3-11-39-26(36)38;1-3-18-13-19(37-17-20-14-21(37)16-35(20)2)5-6-23(18)33-26-32-15-22(27(28,29)30)25(34-26)31-8-4-9-36-10-12-39-11-7-24(36)38;1-3-17-12-18(36-16-19-13-20(36)15-34(19)2)6-7-22(17)32-24-31-14-21(26(27,28)29)23(33-24)30-8-4-9-35-10-5-11-38-25(35)37/h6-7,13-14,17,19-20H,2-5,8-12,15-16H2,1H3,(H2,31,32,33,34);5-6,13,15,20-21H,3-4,7-12,14,16-17H2,1-2H3,(H2,31,32,33,34);6-7,12,14,19-20H,3-5,8-11,13,15-16H2,1-2H3,(H2,30,31,32,33)/t19-,20-;20-,21-;19-,20-/m000/s1. The van der Waals surface area contributed by atoms with Crippen molar-refractivity contribution in [2.24, 2.45) is 0 Å². The monoisotopic (exact) mass is 1630 g/mol. The Hall–Kier alpha value is -9.68. The highest BCUT2D eigenvalue weighted by Crippen LogP contribution is 2.48. The van der Waals surface area contributed by atoms with Crippen LogP contribution in [0.15, 0.2) is 73.2 Å². The van der Waals surface area contributed by atoms with Gasteiger partial charge in [-0.05, 0) is 175 Å². The van der Waals surface area contributed by atoms with Crippen LogP contribution in [0.5, 0.6) is 0 Å². The molecule has 16 rings (SSSR count). The number of carbonyl (C=O) groups excluding carboxylic acids is 3. The van der Waals surface area contributed by atoms with Crippen molar-refractivity contribution in [3.05, 3.63) is 107 Å². The van der Waals surface area contributed by atoms with Gasteiger partial charge in [0.2, 0.25) is 23.8 Å². The number of alkyl halides is 9. The summed E-state index contributed by atoms with van der Waals surface area (Å²) in [4.78, 5) is 79.6. The molecule has 9 aliphatic heterocycles. The summed E-state index contributed by atoms with van der Waals surface area (Å²) in [5.74, 6) is -0.119. The van der Waals surface area contributed by atoms with Gasteiger partial charge in [-0.1, -0.05) is 13.8 Å². The quantitative estimate of drug-likeness (QED) is 0.0207. The Balaban J connectivity index is 0.000000143. The minimum atomic E-state index is -4.60. The third kappa shape index (κ3) is 19.9. The van der Waals surface area contributed by atoms with E-state index in [0.717, 1.165) is 130 Å². The molecule has 628 valence electrons. The van der Waals surface area contributed by atoms with Gasteiger partial charge in [0.05, 0.1) is 32.8 Å². The van der Waals surface area contributed by atoms with Gasteiger partial charge in [-0.2, -0.15) is 54.5 Å². The van der Waals surface area contributed by atoms with Crippen LogP contribution in [0.3, 0.4) is 0 Å². The zero-order valence-corrected chi connectivity index (χ0v) is 66.2. The van der Waals surface area contributed by atoms with E-state index in [1.54, 1.807) is 14.7 Å². The number of amides is 3. The lowest BCUT2D eigenvalue weighted by atomic mass is 10.1. The van der Waals surface area contributed by atoms with E-state index in [9.17, 15) is 53.9 Å². The zero-order valence-electron chi connectivity index (χ0n) is 66.2. The second-order valence-corrected chi connectivity index (χ2v) is 31.6. The lowest BCUT2D eigenvalue weighted by Gasteiger charge is -2.34. The first-order valence-corrected chi connectivity index (χ1v) is 40.6. The predicted molar refractivity (Wildman–Crippen MR) is 424 cm³/mol. The molecule has 1 saturated carbocycles. The Morgan fingerprint density at radius 2 is 0.828 bits per heavy atom. The highest BCUT2D eigenvalue weighted by molar-refractivity contribution is 5.76. The number of halogens is 9. The number of rotatable bonds is 27. The van der Waals surface area contributed by atoms with Crippen molar-refractivity contribution in [2.45, 2.75) is 158 Å². The third-order valence-corrected chi connectivity index (χ3v) is 23.7. The van der Waals surface area contributed by atoms with Crippen molar-refractivity contribution < 1.29 is 68.1 Å². The number of likely N-dealkylation sites (tertiary alicyclic amines) is 3. The van der Waals surface area contributed by atoms with Crippen molar-refractivity contribution in [2.75, 3.05) is 192 Å². The molecular weight excluding hydrogens is 1520 g/mol. The minimum Gasteiger partial charge on any atom is -0.449 e. The molecule has 12 heterocycles. The molecule has 0 radical (unpaired) electrons. The summed E-state index contributed by atoms with van der Waals surface area (Å²) in [6.45, 7) is 15.6. The van der Waals surface area contributed by atoms with Crippen LogP contribution in [-0.4, -0.2) is 259 Å². The van der Waals surface area contributed by atoms with Gasteiger partial charge < -0.3 is 75.5 Å². The Morgan fingerprint density at radius 3 is 1.18 bits per heavy atom. The number of carbonyl (C=O) groups is 3. The van der Waals surface area contributed by atoms with E-state index in [0.29, 0.717) is 134 Å². The number of piperazine rings is 3. The molecule has 6 atom stereocenters. The molecule has 27 nitrogen and oxygen atoms in total. The highest BCUT2D eigenvalue weighted by Gasteiger charge is 2.46. The zero-order chi connectivity index (χ0) is 81.6. The van der Waals surface area contributed by atoms with Gasteiger partial charge in [0.15, 0.2) is 0 Å². The molecule has 3 aromatic heterocycles. The van der Waals surface area contributed by atoms with Gasteiger partial charge in [-0.25, -0.2) is 24.5 Å². The van der Waals surface area contributed by atoms with Crippen molar-refractivity contribution in [1.29, 1.82) is 0 Å². The average molecular weight is 1630 g/mol. The molecule has 0 unspecified atom stereocenters. The van der Waals surface area contributed by atoms with Crippen molar-refractivity contribution >= 4 is 87.5 Å². The number of cyclic esters (lactones) is 2. The molecule has 6 aromatic rings. The van der Waals surface area contributed by atoms with Crippen LogP contribution in [0, 0.1) is 0 Å². The Morgan fingerprint density at radius 1 is 0.448 bits per heavy atom. The molecule has 9 saturated heterocycles. The number of likely N-dealkylation sites (N-methyl/N-ethyl adjacent to an activating group) is 3. The Bertz CT molecular complexity index is 4420. The van der Waals surface area contributed by atoms with Crippen LogP contribution in [-0.2, 0) is 50.4 Å². The second kappa shape index (κ2) is 36.0. The first kappa shape index (κ1) is 82.8. The van der Waals surface area contributed by atoms with Gasteiger partial charge in [0, 0.05) is 187 Å². The molecule has 6 bridgehead atoms. The normalized spacial score (nSPS) is 22.3. The second-order valence-electron chi connectivity index (χ2n) is 31.6. The maximum absolute atomic E-state index is 13.7. The van der Waals surface area contributed by atoms with Crippen LogP contribution in [0.4, 0.5) is 119 Å². The summed E-state index contributed by atoms with van der Waals surface area (Å²) in [6, 6.07) is 22.0. The summed E-state index contributed by atoms with van der Waals surface area (Å²) in [5, 5.41) is 17.9. The van der Waals surface area contributed by atoms with Gasteiger partial charge in [0.1, 0.15) is 34.1 Å². The van der Waals surface area contributed by atoms with Crippen LogP contribution >= 0.6 is 0 Å². The number of hydrogen-bond donors (Lipinski definition) is 6. The highest BCUT2D eigenvalue weighted by atomic mass is 19.4. The number of benzene rings is 3. The van der Waals surface area contributed by atoms with E-state index in [-0.39, 0.29) is 73.0 Å². The van der Waals surface area contributed by atoms with Crippen molar-refractivity contribution in [1.82, 2.24) is 59.3 Å². The fourth-order valence-corrected chi connectivity index (χ4v) is 17.2. The molecule has 0 spiro atoms. The number of ether oxygens (including phenoxy) is 3. The molecule has 3 amide bonds. The summed E-state index contributed by atoms with van der Waals surface area (Å²) in [6.07, 6.45) is -1.68. The number of hydrogen-bond acceptors (Lipinski definition) is 24. The molecule has 116 heavy (non-hydrogen) atoms. The number of anilines is 12. The number of fused-ring (bicyclic) bond motifs is 6. The largest absolute Gasteiger partial charge is 0.449 e. The summed E-state index contributed by atoms with van der Waals surface area (Å²) in [7, 11) is 6.53. The SMILES string of the molecule is CCc1cc(N2C[C@@H]3C[C@H]2CN3C)ccc1Nc1ncc(C(F)(F)F)c(NCCCN2CCCOC2=O)n1.CCc1cc(N2C[C@@H]3C[C@H]2CN3C)ccc1Nc1ncc(C(F)(F)F)c(NCCCN2CCOCCC2=O)n1.CN1C[C@@H]2C[C@H]1CN2c1ccc(Nc2ncc(C(F)(F)F)c(NCCCN3CCCOC3=O)n2)c(C2CC2)c1. The number of aryl methyl sites for hydroxylation is 2. The fourth-order valence-electron chi connectivity index (χ4n) is 17.2. The summed E-state index contributed by atoms with van der Waals surface area (Å²) < 4.78 is 138. The molecule has 10 fully saturated rings. The predicted octanol–water partition coefficient (Wildman–Crippen LogP) is 12.7. The average Bonchev–Trinajstić information content (AvgIpc) is 1.60. The maximum Gasteiger partial charge on any atom is 0.421 e. The van der Waals surface area contributed by atoms with E-state index in [1.165, 1.54) is 36.3 Å². The van der Waals surface area contributed by atoms with E-state index in [4.69, 9.17) is 14.2 Å². The Kier molecular flexibility index (Phi) is 25.7. The van der Waals surface area contributed by atoms with E-state index in [2.05, 4.69) is 156 Å². The summed E-state index contributed by atoms with van der Waals surface area (Å²) >= 11 is 0. The van der Waals surface area contributed by atoms with Gasteiger partial charge in [-0.15, -0.1) is 0 Å². The van der Waals surface area contributed by atoms with Crippen LogP contribution in [0.2, 0.25) is 0 Å². The van der Waals surface area contributed by atoms with E-state index >= 15 is 0 Å². The topological polar surface area (TPSA) is 258 Å². The number of aromatic nitrogens is 6. The number of nitrogens with zero attached hydrogens (tertiary/aromatic N) is 15. The van der Waals surface area contributed by atoms with E-state index < -0.39 is 35.2 Å². The van der Waals surface area contributed by atoms with Crippen LogP contribution in [0.1, 0.15) is 124 Å². The Labute approximate surface area is 669 Å². The molecule has 1 aliphatic carbocycles.